The van der Waals surface area contributed by atoms with Gasteiger partial charge < -0.3 is 19.3 Å². The molecule has 0 spiro atoms. The Morgan fingerprint density at radius 3 is 2.61 bits per heavy atom. The largest absolute Gasteiger partial charge is 0.496 e. The van der Waals surface area contributed by atoms with E-state index >= 15 is 0 Å². The second-order valence-electron chi connectivity index (χ2n) is 6.64. The lowest BCUT2D eigenvalue weighted by Crippen LogP contribution is -2.31. The number of halogens is 1. The van der Waals surface area contributed by atoms with Crippen molar-refractivity contribution in [3.05, 3.63) is 53.1 Å². The van der Waals surface area contributed by atoms with Crippen LogP contribution in [-0.4, -0.2) is 44.0 Å². The molecule has 3 rings (SSSR count). The van der Waals surface area contributed by atoms with Crippen molar-refractivity contribution in [2.24, 2.45) is 0 Å². The molecule has 1 heterocycles. The minimum Gasteiger partial charge on any atom is -0.496 e. The second kappa shape index (κ2) is 8.97. The van der Waals surface area contributed by atoms with Gasteiger partial charge in [0.15, 0.2) is 6.61 Å². The number of hydrogen-bond donors (Lipinski definition) is 0. The van der Waals surface area contributed by atoms with Crippen molar-refractivity contribution in [2.75, 3.05) is 32.2 Å². The maximum Gasteiger partial charge on any atom is 0.260 e. The van der Waals surface area contributed by atoms with Crippen LogP contribution in [0.25, 0.3) is 0 Å². The first-order valence-electron chi connectivity index (χ1n) is 9.07. The topological polar surface area (TPSA) is 59.1 Å². The summed E-state index contributed by atoms with van der Waals surface area (Å²) in [5, 5.41) is 0.587. The fraction of sp³-hybridized carbons (Fsp3) is 0.333. The maximum atomic E-state index is 12.4. The predicted molar refractivity (Wildman–Crippen MR) is 108 cm³/mol. The Bertz CT molecular complexity index is 854. The minimum absolute atomic E-state index is 0.0820. The number of nitrogens with zero attached hydrogens (tertiary/aromatic N) is 2. The highest BCUT2D eigenvalue weighted by Gasteiger charge is 2.21. The Labute approximate surface area is 169 Å². The van der Waals surface area contributed by atoms with Crippen LogP contribution in [0.3, 0.4) is 0 Å². The lowest BCUT2D eigenvalue weighted by molar-refractivity contribution is -0.132. The van der Waals surface area contributed by atoms with Gasteiger partial charge in [-0.3, -0.25) is 9.59 Å². The average Bonchev–Trinajstić information content (AvgIpc) is 3.12. The normalized spacial score (nSPS) is 13.5. The molecule has 0 aromatic heterocycles. The second-order valence-corrected chi connectivity index (χ2v) is 7.07. The Kier molecular flexibility index (Phi) is 6.41. The van der Waals surface area contributed by atoms with Gasteiger partial charge in [0.25, 0.3) is 5.91 Å². The van der Waals surface area contributed by atoms with Crippen molar-refractivity contribution in [1.82, 2.24) is 4.90 Å². The molecule has 0 saturated carbocycles. The van der Waals surface area contributed by atoms with Crippen LogP contribution in [0.1, 0.15) is 18.4 Å². The molecular weight excluding hydrogens is 380 g/mol. The highest BCUT2D eigenvalue weighted by molar-refractivity contribution is 6.30. The number of rotatable bonds is 7. The fourth-order valence-corrected chi connectivity index (χ4v) is 3.31. The lowest BCUT2D eigenvalue weighted by atomic mass is 10.2. The monoisotopic (exact) mass is 402 g/mol. The van der Waals surface area contributed by atoms with Crippen molar-refractivity contribution in [3.8, 4) is 11.5 Å². The molecule has 0 radical (unpaired) electrons. The van der Waals surface area contributed by atoms with Gasteiger partial charge in [-0.25, -0.2) is 0 Å². The zero-order valence-electron chi connectivity index (χ0n) is 16.0. The molecule has 6 nitrogen and oxygen atoms in total. The summed E-state index contributed by atoms with van der Waals surface area (Å²) in [6, 6.07) is 12.5. The third kappa shape index (κ3) is 4.75. The average molecular weight is 403 g/mol. The van der Waals surface area contributed by atoms with Gasteiger partial charge in [0.1, 0.15) is 11.5 Å². The fourth-order valence-electron chi connectivity index (χ4n) is 3.11. The van der Waals surface area contributed by atoms with Crippen LogP contribution in [0.2, 0.25) is 5.02 Å². The predicted octanol–water partition coefficient (Wildman–Crippen LogP) is 3.51. The number of hydrogen-bond acceptors (Lipinski definition) is 4. The van der Waals surface area contributed by atoms with E-state index in [-0.39, 0.29) is 18.4 Å². The van der Waals surface area contributed by atoms with Gasteiger partial charge in [0.2, 0.25) is 5.91 Å². The number of ether oxygens (including phenoxy) is 2. The summed E-state index contributed by atoms with van der Waals surface area (Å²) in [5.74, 6) is 1.23. The molecule has 7 heteroatoms. The van der Waals surface area contributed by atoms with E-state index in [9.17, 15) is 9.59 Å². The van der Waals surface area contributed by atoms with Crippen LogP contribution < -0.4 is 14.4 Å². The number of carbonyl (C=O) groups is 2. The Morgan fingerprint density at radius 1 is 1.21 bits per heavy atom. The van der Waals surface area contributed by atoms with E-state index in [1.807, 2.05) is 12.1 Å². The molecule has 28 heavy (non-hydrogen) atoms. The number of carbonyl (C=O) groups excluding carboxylic acids is 2. The van der Waals surface area contributed by atoms with E-state index in [0.717, 1.165) is 24.2 Å². The van der Waals surface area contributed by atoms with E-state index in [1.54, 1.807) is 54.3 Å². The number of anilines is 1. The van der Waals surface area contributed by atoms with E-state index in [4.69, 9.17) is 21.1 Å². The first kappa shape index (κ1) is 20.0. The summed E-state index contributed by atoms with van der Waals surface area (Å²) in [5.41, 5.74) is 1.68. The molecule has 0 unspecified atom stereocenters. The van der Waals surface area contributed by atoms with Crippen LogP contribution in [0.15, 0.2) is 42.5 Å². The summed E-state index contributed by atoms with van der Waals surface area (Å²) in [6.45, 7) is 1.03. The molecule has 0 N–H and O–H groups in total. The lowest BCUT2D eigenvalue weighted by Gasteiger charge is -2.19. The van der Waals surface area contributed by atoms with Gasteiger partial charge in [-0.1, -0.05) is 11.6 Å². The standard InChI is InChI=1S/C21H23ClN2O4/c1-23(13-15-12-16(22)5-10-19(15)27-2)21(26)14-28-18-8-6-17(7-9-18)24-11-3-4-20(24)25/h5-10,12H,3-4,11,13-14H2,1-2H3. The van der Waals surface area contributed by atoms with Crippen molar-refractivity contribution in [1.29, 1.82) is 0 Å². The van der Waals surface area contributed by atoms with Crippen LogP contribution in [-0.2, 0) is 16.1 Å². The summed E-state index contributed by atoms with van der Waals surface area (Å²) < 4.78 is 10.9. The van der Waals surface area contributed by atoms with E-state index in [2.05, 4.69) is 0 Å². The molecule has 0 atom stereocenters. The van der Waals surface area contributed by atoms with Gasteiger partial charge in [0, 0.05) is 42.8 Å². The minimum atomic E-state index is -0.166. The molecule has 148 valence electrons. The Morgan fingerprint density at radius 2 is 1.96 bits per heavy atom. The molecule has 0 aliphatic carbocycles. The van der Waals surface area contributed by atoms with E-state index in [0.29, 0.717) is 29.5 Å². The molecule has 1 aliphatic rings. The first-order chi connectivity index (χ1) is 13.5. The van der Waals surface area contributed by atoms with Gasteiger partial charge in [0.05, 0.1) is 7.11 Å². The number of benzene rings is 2. The summed E-state index contributed by atoms with van der Waals surface area (Å²) >= 11 is 6.04. The molecule has 2 aromatic carbocycles. The Balaban J connectivity index is 1.55. The number of amides is 2. The molecular formula is C21H23ClN2O4. The quantitative estimate of drug-likeness (QED) is 0.711. The number of likely N-dealkylation sites (N-methyl/N-ethyl adjacent to an activating group) is 1. The highest BCUT2D eigenvalue weighted by Crippen LogP contribution is 2.25. The maximum absolute atomic E-state index is 12.4. The zero-order valence-corrected chi connectivity index (χ0v) is 16.7. The van der Waals surface area contributed by atoms with Crippen molar-refractivity contribution < 1.29 is 19.1 Å². The summed E-state index contributed by atoms with van der Waals surface area (Å²) in [7, 11) is 3.28. The smallest absolute Gasteiger partial charge is 0.260 e. The molecule has 2 amide bonds. The summed E-state index contributed by atoms with van der Waals surface area (Å²) in [6.07, 6.45) is 1.48. The van der Waals surface area contributed by atoms with Crippen LogP contribution in [0.5, 0.6) is 11.5 Å². The van der Waals surface area contributed by atoms with Gasteiger partial charge in [-0.15, -0.1) is 0 Å². The Hall–Kier alpha value is -2.73. The molecule has 1 fully saturated rings. The van der Waals surface area contributed by atoms with Crippen LogP contribution >= 0.6 is 11.6 Å². The molecule has 0 bridgehead atoms. The highest BCUT2D eigenvalue weighted by atomic mass is 35.5. The summed E-state index contributed by atoms with van der Waals surface area (Å²) in [4.78, 5) is 27.5. The van der Waals surface area contributed by atoms with Crippen LogP contribution in [0.4, 0.5) is 5.69 Å². The first-order valence-corrected chi connectivity index (χ1v) is 9.45. The third-order valence-electron chi connectivity index (χ3n) is 4.66. The molecule has 2 aromatic rings. The van der Waals surface area contributed by atoms with Gasteiger partial charge in [-0.2, -0.15) is 0 Å². The number of methoxy groups -OCH3 is 1. The molecule has 1 saturated heterocycles. The molecule has 1 aliphatic heterocycles. The van der Waals surface area contributed by atoms with E-state index < -0.39 is 0 Å². The van der Waals surface area contributed by atoms with E-state index in [1.165, 1.54) is 0 Å². The van der Waals surface area contributed by atoms with Crippen LogP contribution in [0, 0.1) is 0 Å². The van der Waals surface area contributed by atoms with Gasteiger partial charge in [-0.05, 0) is 48.9 Å². The van der Waals surface area contributed by atoms with Gasteiger partial charge >= 0.3 is 0 Å². The third-order valence-corrected chi connectivity index (χ3v) is 4.89. The van der Waals surface area contributed by atoms with Crippen molar-refractivity contribution >= 4 is 29.1 Å². The van der Waals surface area contributed by atoms with Crippen molar-refractivity contribution in [2.45, 2.75) is 19.4 Å². The van der Waals surface area contributed by atoms with Crippen molar-refractivity contribution in [3.63, 3.8) is 0 Å². The zero-order chi connectivity index (χ0) is 20.1. The SMILES string of the molecule is COc1ccc(Cl)cc1CN(C)C(=O)COc1ccc(N2CCCC2=O)cc1.